The summed E-state index contributed by atoms with van der Waals surface area (Å²) in [5, 5.41) is 16.2. The molecule has 0 radical (unpaired) electrons. The molecule has 0 spiro atoms. The standard InChI is InChI=1S/C17H16ClN5OS/c1-11-12(18)5-4-7-13(11)21-15(24)8-10-20-17-23-22-16(25-17)14-6-2-3-9-19-14/h2-7,9H,8,10H2,1H3,(H,20,23)(H,21,24). The van der Waals surface area contributed by atoms with Crippen molar-refractivity contribution in [3.63, 3.8) is 0 Å². The topological polar surface area (TPSA) is 79.8 Å². The van der Waals surface area contributed by atoms with Gasteiger partial charge in [-0.15, -0.1) is 10.2 Å². The summed E-state index contributed by atoms with van der Waals surface area (Å²) in [4.78, 5) is 16.3. The highest BCUT2D eigenvalue weighted by atomic mass is 35.5. The summed E-state index contributed by atoms with van der Waals surface area (Å²) in [5.41, 5.74) is 2.36. The lowest BCUT2D eigenvalue weighted by molar-refractivity contribution is -0.115. The van der Waals surface area contributed by atoms with Crippen LogP contribution in [0.25, 0.3) is 10.7 Å². The molecule has 1 amide bonds. The third-order valence-electron chi connectivity index (χ3n) is 3.48. The van der Waals surface area contributed by atoms with Crippen LogP contribution in [0, 0.1) is 6.92 Å². The van der Waals surface area contributed by atoms with Gasteiger partial charge in [-0.2, -0.15) is 0 Å². The first kappa shape index (κ1) is 17.3. The van der Waals surface area contributed by atoms with E-state index in [1.165, 1.54) is 11.3 Å². The van der Waals surface area contributed by atoms with E-state index >= 15 is 0 Å². The Kier molecular flexibility index (Phi) is 5.57. The molecule has 0 saturated carbocycles. The Balaban J connectivity index is 1.50. The Morgan fingerprint density at radius 2 is 2.08 bits per heavy atom. The number of nitrogens with one attached hydrogen (secondary N) is 2. The van der Waals surface area contributed by atoms with E-state index < -0.39 is 0 Å². The van der Waals surface area contributed by atoms with E-state index in [-0.39, 0.29) is 5.91 Å². The van der Waals surface area contributed by atoms with Crippen LogP contribution in [0.5, 0.6) is 0 Å². The molecule has 8 heteroatoms. The molecule has 0 atom stereocenters. The molecule has 2 N–H and O–H groups in total. The number of benzene rings is 1. The van der Waals surface area contributed by atoms with Gasteiger partial charge in [0.05, 0.1) is 0 Å². The van der Waals surface area contributed by atoms with Gasteiger partial charge in [0.1, 0.15) is 5.69 Å². The number of aromatic nitrogens is 3. The van der Waals surface area contributed by atoms with E-state index in [1.54, 1.807) is 12.3 Å². The lowest BCUT2D eigenvalue weighted by atomic mass is 10.2. The van der Waals surface area contributed by atoms with Gasteiger partial charge in [0.25, 0.3) is 0 Å². The van der Waals surface area contributed by atoms with Crippen molar-refractivity contribution in [1.82, 2.24) is 15.2 Å². The summed E-state index contributed by atoms with van der Waals surface area (Å²) in [6.45, 7) is 2.33. The Labute approximate surface area is 154 Å². The van der Waals surface area contributed by atoms with Crippen molar-refractivity contribution in [3.8, 4) is 10.7 Å². The number of anilines is 2. The number of hydrogen-bond donors (Lipinski definition) is 2. The average molecular weight is 374 g/mol. The zero-order valence-corrected chi connectivity index (χ0v) is 15.1. The van der Waals surface area contributed by atoms with E-state index in [4.69, 9.17) is 11.6 Å². The molecule has 0 aliphatic heterocycles. The van der Waals surface area contributed by atoms with Crippen molar-refractivity contribution in [2.45, 2.75) is 13.3 Å². The summed E-state index contributed by atoms with van der Waals surface area (Å²) >= 11 is 7.45. The highest BCUT2D eigenvalue weighted by molar-refractivity contribution is 7.18. The van der Waals surface area contributed by atoms with Crippen molar-refractivity contribution >= 4 is 39.7 Å². The third-order valence-corrected chi connectivity index (χ3v) is 4.79. The van der Waals surface area contributed by atoms with Crippen molar-refractivity contribution in [2.75, 3.05) is 17.2 Å². The zero-order valence-electron chi connectivity index (χ0n) is 13.5. The molecule has 128 valence electrons. The second kappa shape index (κ2) is 8.04. The largest absolute Gasteiger partial charge is 0.360 e. The van der Waals surface area contributed by atoms with Gasteiger partial charge in [0.15, 0.2) is 5.01 Å². The Bertz CT molecular complexity index is 868. The maximum Gasteiger partial charge on any atom is 0.226 e. The maximum atomic E-state index is 12.1. The summed E-state index contributed by atoms with van der Waals surface area (Å²) in [5.74, 6) is -0.0904. The van der Waals surface area contributed by atoms with Crippen molar-refractivity contribution < 1.29 is 4.79 Å². The van der Waals surface area contributed by atoms with Crippen LogP contribution in [0.3, 0.4) is 0 Å². The first-order valence-corrected chi connectivity index (χ1v) is 8.86. The van der Waals surface area contributed by atoms with Crippen LogP contribution in [0.1, 0.15) is 12.0 Å². The van der Waals surface area contributed by atoms with E-state index in [1.807, 2.05) is 37.3 Å². The van der Waals surface area contributed by atoms with Crippen LogP contribution in [-0.4, -0.2) is 27.6 Å². The molecule has 2 heterocycles. The monoisotopic (exact) mass is 373 g/mol. The fourth-order valence-corrected chi connectivity index (χ4v) is 3.05. The zero-order chi connectivity index (χ0) is 17.6. The summed E-state index contributed by atoms with van der Waals surface area (Å²) in [6.07, 6.45) is 2.02. The molecule has 0 unspecified atom stereocenters. The second-order valence-electron chi connectivity index (χ2n) is 5.26. The Morgan fingerprint density at radius 1 is 1.20 bits per heavy atom. The molecular weight excluding hydrogens is 358 g/mol. The quantitative estimate of drug-likeness (QED) is 0.682. The predicted molar refractivity (Wildman–Crippen MR) is 101 cm³/mol. The normalized spacial score (nSPS) is 10.5. The molecule has 0 aliphatic carbocycles. The minimum atomic E-state index is -0.0904. The fourth-order valence-electron chi connectivity index (χ4n) is 2.13. The molecule has 0 fully saturated rings. The molecule has 3 rings (SSSR count). The minimum absolute atomic E-state index is 0.0904. The molecule has 0 aliphatic rings. The van der Waals surface area contributed by atoms with Crippen LogP contribution in [-0.2, 0) is 4.79 Å². The van der Waals surface area contributed by atoms with Crippen LogP contribution in [0.2, 0.25) is 5.02 Å². The molecule has 25 heavy (non-hydrogen) atoms. The van der Waals surface area contributed by atoms with E-state index in [2.05, 4.69) is 25.8 Å². The summed E-state index contributed by atoms with van der Waals surface area (Å²) in [7, 11) is 0. The summed E-state index contributed by atoms with van der Waals surface area (Å²) < 4.78 is 0. The maximum absolute atomic E-state index is 12.1. The van der Waals surface area contributed by atoms with Crippen LogP contribution in [0.4, 0.5) is 10.8 Å². The van der Waals surface area contributed by atoms with E-state index in [0.29, 0.717) is 23.1 Å². The number of amides is 1. The van der Waals surface area contributed by atoms with E-state index in [9.17, 15) is 4.79 Å². The SMILES string of the molecule is Cc1c(Cl)cccc1NC(=O)CCNc1nnc(-c2ccccn2)s1. The van der Waals surface area contributed by atoms with Gasteiger partial charge in [-0.25, -0.2) is 0 Å². The first-order valence-electron chi connectivity index (χ1n) is 7.67. The van der Waals surface area contributed by atoms with Gasteiger partial charge in [-0.05, 0) is 36.8 Å². The van der Waals surface area contributed by atoms with Crippen LogP contribution in [0.15, 0.2) is 42.6 Å². The number of halogens is 1. The van der Waals surface area contributed by atoms with Gasteiger partial charge in [-0.1, -0.05) is 35.1 Å². The fraction of sp³-hybridized carbons (Fsp3) is 0.176. The number of hydrogen-bond acceptors (Lipinski definition) is 6. The number of rotatable bonds is 6. The minimum Gasteiger partial charge on any atom is -0.360 e. The van der Waals surface area contributed by atoms with Crippen molar-refractivity contribution in [1.29, 1.82) is 0 Å². The van der Waals surface area contributed by atoms with Gasteiger partial charge in [0.2, 0.25) is 11.0 Å². The van der Waals surface area contributed by atoms with Crippen LogP contribution < -0.4 is 10.6 Å². The lowest BCUT2D eigenvalue weighted by Gasteiger charge is -2.09. The molecule has 0 saturated heterocycles. The van der Waals surface area contributed by atoms with E-state index in [0.717, 1.165) is 22.0 Å². The van der Waals surface area contributed by atoms with Crippen molar-refractivity contribution in [2.24, 2.45) is 0 Å². The van der Waals surface area contributed by atoms with Gasteiger partial charge in [-0.3, -0.25) is 9.78 Å². The van der Waals surface area contributed by atoms with Gasteiger partial charge < -0.3 is 10.6 Å². The number of nitrogens with zero attached hydrogens (tertiary/aromatic N) is 3. The third kappa shape index (κ3) is 4.52. The highest BCUT2D eigenvalue weighted by Gasteiger charge is 2.09. The number of carbonyl (C=O) groups is 1. The van der Waals surface area contributed by atoms with Gasteiger partial charge >= 0.3 is 0 Å². The average Bonchev–Trinajstić information content (AvgIpc) is 3.09. The Hall–Kier alpha value is -2.51. The molecule has 2 aromatic heterocycles. The van der Waals surface area contributed by atoms with Gasteiger partial charge in [0, 0.05) is 29.9 Å². The molecule has 6 nitrogen and oxygen atoms in total. The molecule has 1 aromatic carbocycles. The molecule has 3 aromatic rings. The lowest BCUT2D eigenvalue weighted by Crippen LogP contribution is -2.16. The second-order valence-corrected chi connectivity index (χ2v) is 6.65. The first-order chi connectivity index (χ1) is 12.1. The molecule has 0 bridgehead atoms. The number of pyridine rings is 1. The van der Waals surface area contributed by atoms with Crippen LogP contribution >= 0.6 is 22.9 Å². The highest BCUT2D eigenvalue weighted by Crippen LogP contribution is 2.25. The Morgan fingerprint density at radius 3 is 2.88 bits per heavy atom. The van der Waals surface area contributed by atoms with Crippen molar-refractivity contribution in [3.05, 3.63) is 53.2 Å². The number of carbonyl (C=O) groups excluding carboxylic acids is 1. The molecular formula is C17H16ClN5OS. The predicted octanol–water partition coefficient (Wildman–Crippen LogP) is 4.00. The smallest absolute Gasteiger partial charge is 0.226 e. The summed E-state index contributed by atoms with van der Waals surface area (Å²) in [6, 6.07) is 11.1.